The molecule has 2 aromatic heterocycles. The van der Waals surface area contributed by atoms with Crippen LogP contribution in [-0.4, -0.2) is 80.5 Å². The molecule has 1 aromatic carbocycles. The number of ether oxygens (including phenoxy) is 3. The van der Waals surface area contributed by atoms with E-state index in [0.717, 1.165) is 44.5 Å². The Balaban J connectivity index is 1.21. The van der Waals surface area contributed by atoms with E-state index < -0.39 is 56.9 Å². The summed E-state index contributed by atoms with van der Waals surface area (Å²) in [6.45, 7) is 1.14. The molecule has 5 N–H and O–H groups in total. The Labute approximate surface area is 340 Å². The standard InChI is InChI=1S/C41H58FN6O9P/c1-2-3-4-5-6-7-8-9-10-11-12-13-14-15-16-17-22-53-26-33(54-25-32-19-18-31(24-43)23-34(32)42)27-55-58(51,52)56-28-36-38(49)39(50)41(29-44,57-36)37-21-20-35-40(45)46-30-47-48(35)37/h9-10,18-21,23,30,33,36,38-39,49-50H,2-8,11-17,22,25-28H2,1H3,(H,51,52)(H2,45,46,47)/b10-9-/t33-,36-,38-,39-,41+/m1/s1. The van der Waals surface area contributed by atoms with E-state index in [1.54, 1.807) is 0 Å². The first-order chi connectivity index (χ1) is 28.0. The molecule has 4 rings (SSSR count). The van der Waals surface area contributed by atoms with Crippen LogP contribution in [0.25, 0.3) is 5.52 Å². The second-order valence-corrected chi connectivity index (χ2v) is 16.0. The van der Waals surface area contributed by atoms with Gasteiger partial charge < -0.3 is 35.1 Å². The molecule has 1 saturated heterocycles. The van der Waals surface area contributed by atoms with E-state index in [9.17, 15) is 29.3 Å². The van der Waals surface area contributed by atoms with Gasteiger partial charge in [-0.15, -0.1) is 0 Å². The fraction of sp³-hybridized carbons (Fsp3) is 0.610. The number of halogens is 1. The molecule has 318 valence electrons. The number of allylic oxidation sites excluding steroid dienone is 2. The van der Waals surface area contributed by atoms with Crippen LogP contribution in [0, 0.1) is 28.5 Å². The molecule has 0 aliphatic carbocycles. The number of nitriles is 2. The number of nitrogens with zero attached hydrogens (tertiary/aromatic N) is 5. The number of fused-ring (bicyclic) bond motifs is 1. The van der Waals surface area contributed by atoms with Crippen LogP contribution in [-0.2, 0) is 40.0 Å². The molecule has 1 aliphatic heterocycles. The second-order valence-electron chi connectivity index (χ2n) is 14.5. The number of benzene rings is 1. The second kappa shape index (κ2) is 24.3. The van der Waals surface area contributed by atoms with Crippen LogP contribution in [0.5, 0.6) is 0 Å². The molecular formula is C41H58FN6O9P. The molecule has 0 amide bonds. The average Bonchev–Trinajstić information content (AvgIpc) is 3.77. The fourth-order valence-electron chi connectivity index (χ4n) is 6.68. The number of aliphatic hydroxyl groups is 2. The summed E-state index contributed by atoms with van der Waals surface area (Å²) in [5.41, 5.74) is 4.45. The van der Waals surface area contributed by atoms with Crippen molar-refractivity contribution in [3.63, 3.8) is 0 Å². The Morgan fingerprint density at radius 3 is 2.36 bits per heavy atom. The number of nitrogen functional groups attached to an aromatic ring is 1. The zero-order valence-electron chi connectivity index (χ0n) is 33.3. The summed E-state index contributed by atoms with van der Waals surface area (Å²) in [4.78, 5) is 14.4. The number of phosphoric ester groups is 1. The van der Waals surface area contributed by atoms with Gasteiger partial charge in [-0.05, 0) is 56.4 Å². The maximum absolute atomic E-state index is 14.6. The number of hydrogen-bond acceptors (Lipinski definition) is 13. The third-order valence-electron chi connectivity index (χ3n) is 10.1. The van der Waals surface area contributed by atoms with Gasteiger partial charge in [0, 0.05) is 12.2 Å². The van der Waals surface area contributed by atoms with E-state index in [1.165, 1.54) is 86.6 Å². The summed E-state index contributed by atoms with van der Waals surface area (Å²) in [7, 11) is -4.84. The van der Waals surface area contributed by atoms with Gasteiger partial charge in [-0.1, -0.05) is 82.9 Å². The predicted octanol–water partition coefficient (Wildman–Crippen LogP) is 6.93. The Kier molecular flexibility index (Phi) is 19.7. The summed E-state index contributed by atoms with van der Waals surface area (Å²) in [6.07, 6.45) is 16.4. The lowest BCUT2D eigenvalue weighted by Gasteiger charge is -2.24. The highest BCUT2D eigenvalue weighted by Crippen LogP contribution is 2.46. The lowest BCUT2D eigenvalue weighted by molar-refractivity contribution is -0.0691. The van der Waals surface area contributed by atoms with Crippen molar-refractivity contribution in [2.75, 3.05) is 32.2 Å². The molecule has 3 aromatic rings. The van der Waals surface area contributed by atoms with Gasteiger partial charge in [0.25, 0.3) is 0 Å². The number of aromatic nitrogens is 3. The smallest absolute Gasteiger partial charge is 0.387 e. The zero-order chi connectivity index (χ0) is 41.8. The molecule has 15 nitrogen and oxygen atoms in total. The average molecular weight is 829 g/mol. The van der Waals surface area contributed by atoms with Crippen molar-refractivity contribution in [3.8, 4) is 12.1 Å². The maximum atomic E-state index is 14.6. The summed E-state index contributed by atoms with van der Waals surface area (Å²) < 4.78 is 56.6. The molecular weight excluding hydrogens is 770 g/mol. The molecule has 3 heterocycles. The largest absolute Gasteiger partial charge is 0.472 e. The number of anilines is 1. The van der Waals surface area contributed by atoms with E-state index >= 15 is 0 Å². The lowest BCUT2D eigenvalue weighted by Crippen LogP contribution is -2.41. The third kappa shape index (κ3) is 13.9. The van der Waals surface area contributed by atoms with Crippen molar-refractivity contribution in [3.05, 3.63) is 71.4 Å². The molecule has 0 saturated carbocycles. The third-order valence-corrected chi connectivity index (χ3v) is 11.0. The number of hydrogen-bond donors (Lipinski definition) is 4. The maximum Gasteiger partial charge on any atom is 0.472 e. The lowest BCUT2D eigenvalue weighted by atomic mass is 9.92. The van der Waals surface area contributed by atoms with Gasteiger partial charge in [0.15, 0.2) is 5.82 Å². The normalized spacial score (nSPS) is 21.0. The molecule has 6 atom stereocenters. The number of phosphoric acid groups is 1. The van der Waals surface area contributed by atoms with Gasteiger partial charge in [0.05, 0.1) is 43.8 Å². The van der Waals surface area contributed by atoms with Crippen LogP contribution in [0.15, 0.2) is 48.8 Å². The highest BCUT2D eigenvalue weighted by atomic mass is 31.2. The highest BCUT2D eigenvalue weighted by Gasteiger charge is 2.58. The molecule has 17 heteroatoms. The molecule has 0 spiro atoms. The predicted molar refractivity (Wildman–Crippen MR) is 213 cm³/mol. The monoisotopic (exact) mass is 828 g/mol. The van der Waals surface area contributed by atoms with Crippen LogP contribution in [0.2, 0.25) is 0 Å². The zero-order valence-corrected chi connectivity index (χ0v) is 34.2. The van der Waals surface area contributed by atoms with Crippen molar-refractivity contribution < 1.29 is 47.3 Å². The van der Waals surface area contributed by atoms with Gasteiger partial charge in [0.1, 0.15) is 48.1 Å². The Morgan fingerprint density at radius 2 is 1.69 bits per heavy atom. The minimum atomic E-state index is -4.84. The quantitative estimate of drug-likeness (QED) is 0.0331. The minimum Gasteiger partial charge on any atom is -0.387 e. The van der Waals surface area contributed by atoms with E-state index in [2.05, 4.69) is 29.2 Å². The van der Waals surface area contributed by atoms with Crippen molar-refractivity contribution in [1.82, 2.24) is 14.6 Å². The first-order valence-electron chi connectivity index (χ1n) is 20.2. The topological polar surface area (TPSA) is 228 Å². The highest BCUT2D eigenvalue weighted by molar-refractivity contribution is 7.47. The Hall–Kier alpha value is -3.80. The van der Waals surface area contributed by atoms with E-state index in [1.807, 2.05) is 12.1 Å². The Morgan fingerprint density at radius 1 is 1.00 bits per heavy atom. The van der Waals surface area contributed by atoms with Crippen LogP contribution in [0.1, 0.15) is 114 Å². The summed E-state index contributed by atoms with van der Waals surface area (Å²) in [6, 6.07) is 10.7. The van der Waals surface area contributed by atoms with Gasteiger partial charge in [-0.25, -0.2) is 18.5 Å². The van der Waals surface area contributed by atoms with E-state index in [-0.39, 0.29) is 35.9 Å². The molecule has 0 radical (unpaired) electrons. The van der Waals surface area contributed by atoms with E-state index in [4.69, 9.17) is 34.3 Å². The van der Waals surface area contributed by atoms with Gasteiger partial charge in [0.2, 0.25) is 5.60 Å². The van der Waals surface area contributed by atoms with Crippen LogP contribution in [0.3, 0.4) is 0 Å². The number of aliphatic hydroxyl groups excluding tert-OH is 2. The minimum absolute atomic E-state index is 0.0381. The molecule has 0 bridgehead atoms. The fourth-order valence-corrected chi connectivity index (χ4v) is 7.45. The van der Waals surface area contributed by atoms with Crippen LogP contribution in [0.4, 0.5) is 10.2 Å². The molecule has 1 unspecified atom stereocenters. The summed E-state index contributed by atoms with van der Waals surface area (Å²) >= 11 is 0. The summed E-state index contributed by atoms with van der Waals surface area (Å²) in [5.74, 6) is -0.538. The molecule has 58 heavy (non-hydrogen) atoms. The Bertz CT molecular complexity index is 1870. The first kappa shape index (κ1) is 46.9. The summed E-state index contributed by atoms with van der Waals surface area (Å²) in [5, 5.41) is 45.0. The van der Waals surface area contributed by atoms with Gasteiger partial charge in [-0.3, -0.25) is 9.05 Å². The first-order valence-corrected chi connectivity index (χ1v) is 21.7. The van der Waals surface area contributed by atoms with Crippen molar-refractivity contribution >= 4 is 19.2 Å². The number of rotatable bonds is 28. The SMILES string of the molecule is CCCCCCCC/C=C\CCCCCCCCOC[C@H](COP(=O)(O)OC[C@H]1O[C@@](C#N)(c2ccc3c(N)ncnn23)[C@H](O)[C@@H]1O)OCc1ccc(C#N)cc1F. The van der Waals surface area contributed by atoms with Crippen LogP contribution < -0.4 is 5.73 Å². The molecule has 1 aliphatic rings. The van der Waals surface area contributed by atoms with Gasteiger partial charge >= 0.3 is 7.82 Å². The molecule has 1 fully saturated rings. The van der Waals surface area contributed by atoms with Crippen molar-refractivity contribution in [2.24, 2.45) is 0 Å². The van der Waals surface area contributed by atoms with Crippen molar-refractivity contribution in [1.29, 1.82) is 10.5 Å². The number of unbranched alkanes of at least 4 members (excludes halogenated alkanes) is 12. The number of nitrogens with two attached hydrogens (primary N) is 1. The van der Waals surface area contributed by atoms with Crippen LogP contribution >= 0.6 is 7.82 Å². The van der Waals surface area contributed by atoms with Crippen molar-refractivity contribution in [2.45, 2.75) is 133 Å². The van der Waals surface area contributed by atoms with Gasteiger partial charge in [-0.2, -0.15) is 15.6 Å². The van der Waals surface area contributed by atoms with E-state index in [0.29, 0.717) is 12.1 Å².